The molecule has 0 amide bonds. The van der Waals surface area contributed by atoms with Crippen LogP contribution in [0.3, 0.4) is 0 Å². The van der Waals surface area contributed by atoms with Crippen molar-refractivity contribution in [3.63, 3.8) is 0 Å². The Morgan fingerprint density at radius 3 is 1.94 bits per heavy atom. The summed E-state index contributed by atoms with van der Waals surface area (Å²) in [5.74, 6) is -0.330. The molecule has 0 aromatic carbocycles. The molecule has 0 aliphatic rings. The number of aromatic nitrogens is 3. The first-order valence-electron chi connectivity index (χ1n) is 5.21. The maximum absolute atomic E-state index is 10.3. The van der Waals surface area contributed by atoms with Crippen molar-refractivity contribution in [3.8, 4) is 0 Å². The summed E-state index contributed by atoms with van der Waals surface area (Å²) in [4.78, 5) is 46.3. The first-order valence-corrected chi connectivity index (χ1v) is 5.21. The second-order valence-corrected chi connectivity index (χ2v) is 3.09. The fraction of sp³-hybridized carbons (Fsp3) is 0.400. The molecule has 0 spiro atoms. The predicted molar refractivity (Wildman–Crippen MR) is 64.4 cm³/mol. The van der Waals surface area contributed by atoms with Crippen LogP contribution in [0.1, 0.15) is 19.8 Å². The molecule has 1 aromatic rings. The lowest BCUT2D eigenvalue weighted by atomic mass is 10.4. The minimum absolute atomic E-state index is 0.330. The Balaban J connectivity index is 0.000000321. The zero-order chi connectivity index (χ0) is 14.0. The molecule has 0 aliphatic heterocycles. The van der Waals surface area contributed by atoms with Crippen LogP contribution >= 0.6 is 0 Å². The lowest BCUT2D eigenvalue weighted by Gasteiger charge is -1.97. The SMILES string of the molecule is C=CC(=O)OCCCC.O=c1[nH]c(=O)[nH]c(=O)[nH]1. The second kappa shape index (κ2) is 8.74. The van der Waals surface area contributed by atoms with Crippen molar-refractivity contribution in [2.24, 2.45) is 0 Å². The molecule has 0 aliphatic carbocycles. The minimum Gasteiger partial charge on any atom is -0.463 e. The van der Waals surface area contributed by atoms with Crippen LogP contribution in [0.4, 0.5) is 0 Å². The number of ether oxygens (including phenoxy) is 1. The van der Waals surface area contributed by atoms with Crippen molar-refractivity contribution >= 4 is 5.97 Å². The number of rotatable bonds is 4. The molecule has 1 rings (SSSR count). The topological polar surface area (TPSA) is 125 Å². The Labute approximate surface area is 102 Å². The lowest BCUT2D eigenvalue weighted by Crippen LogP contribution is -2.34. The number of H-pyrrole nitrogens is 3. The van der Waals surface area contributed by atoms with Crippen LogP contribution in [-0.4, -0.2) is 27.5 Å². The zero-order valence-electron chi connectivity index (χ0n) is 9.95. The molecule has 0 atom stereocenters. The van der Waals surface area contributed by atoms with E-state index in [1.807, 2.05) is 6.92 Å². The maximum atomic E-state index is 10.3. The van der Waals surface area contributed by atoms with Crippen LogP contribution in [0.5, 0.6) is 0 Å². The van der Waals surface area contributed by atoms with E-state index in [0.29, 0.717) is 6.61 Å². The molecule has 1 aromatic heterocycles. The molecule has 8 heteroatoms. The monoisotopic (exact) mass is 257 g/mol. The fourth-order valence-corrected chi connectivity index (χ4v) is 0.779. The molecule has 0 saturated heterocycles. The number of unbranched alkanes of at least 4 members (excludes halogenated alkanes) is 1. The Morgan fingerprint density at radius 1 is 1.17 bits per heavy atom. The summed E-state index contributed by atoms with van der Waals surface area (Å²) in [5.41, 5.74) is -2.41. The van der Waals surface area contributed by atoms with E-state index in [-0.39, 0.29) is 5.97 Å². The average Bonchev–Trinajstić information content (AvgIpc) is 2.28. The van der Waals surface area contributed by atoms with E-state index in [1.165, 1.54) is 6.08 Å². The summed E-state index contributed by atoms with van der Waals surface area (Å²) in [5, 5.41) is 0. The molecule has 0 unspecified atom stereocenters. The average molecular weight is 257 g/mol. The zero-order valence-corrected chi connectivity index (χ0v) is 9.95. The molecular formula is C10H15N3O5. The van der Waals surface area contributed by atoms with Gasteiger partial charge in [-0.3, -0.25) is 15.0 Å². The predicted octanol–water partition coefficient (Wildman–Crippen LogP) is -0.733. The van der Waals surface area contributed by atoms with E-state index in [9.17, 15) is 19.2 Å². The number of hydrogen-bond acceptors (Lipinski definition) is 5. The van der Waals surface area contributed by atoms with Gasteiger partial charge in [-0.25, -0.2) is 19.2 Å². The quantitative estimate of drug-likeness (QED) is 0.372. The number of aromatic amines is 3. The van der Waals surface area contributed by atoms with Crippen LogP contribution in [0.2, 0.25) is 0 Å². The Hall–Kier alpha value is -2.38. The maximum Gasteiger partial charge on any atom is 0.330 e. The highest BCUT2D eigenvalue weighted by atomic mass is 16.5. The summed E-state index contributed by atoms with van der Waals surface area (Å²) in [6.07, 6.45) is 3.15. The van der Waals surface area contributed by atoms with Gasteiger partial charge in [0, 0.05) is 6.08 Å². The van der Waals surface area contributed by atoms with Gasteiger partial charge in [0.1, 0.15) is 0 Å². The molecule has 1 heterocycles. The minimum atomic E-state index is -0.802. The Bertz CT molecular complexity index is 461. The van der Waals surface area contributed by atoms with Crippen LogP contribution in [0.25, 0.3) is 0 Å². The smallest absolute Gasteiger partial charge is 0.330 e. The molecule has 0 fully saturated rings. The van der Waals surface area contributed by atoms with Crippen molar-refractivity contribution < 1.29 is 9.53 Å². The van der Waals surface area contributed by atoms with E-state index in [2.05, 4.69) is 11.3 Å². The standard InChI is InChI=1S/C7H12O2.C3H3N3O3/c1-3-5-6-9-7(8)4-2;7-1-4-2(8)6-3(9)5-1/h4H,2-3,5-6H2,1H3;(H3,4,5,6,7,8,9). The van der Waals surface area contributed by atoms with Crippen molar-refractivity contribution in [2.75, 3.05) is 6.61 Å². The Kier molecular flexibility index (Phi) is 7.58. The third kappa shape index (κ3) is 7.85. The van der Waals surface area contributed by atoms with Crippen molar-refractivity contribution in [3.05, 3.63) is 44.1 Å². The van der Waals surface area contributed by atoms with E-state index in [1.54, 1.807) is 15.0 Å². The molecule has 3 N–H and O–H groups in total. The van der Waals surface area contributed by atoms with Gasteiger partial charge in [-0.2, -0.15) is 0 Å². The van der Waals surface area contributed by atoms with E-state index < -0.39 is 17.1 Å². The molecule has 0 bridgehead atoms. The van der Waals surface area contributed by atoms with Gasteiger partial charge >= 0.3 is 23.0 Å². The number of nitrogens with one attached hydrogen (secondary N) is 3. The summed E-state index contributed by atoms with van der Waals surface area (Å²) < 4.78 is 4.67. The normalized spacial score (nSPS) is 8.94. The van der Waals surface area contributed by atoms with Gasteiger partial charge in [0.25, 0.3) is 0 Å². The van der Waals surface area contributed by atoms with Crippen LogP contribution in [0, 0.1) is 0 Å². The molecule has 0 saturated carbocycles. The number of carbonyl (C=O) groups excluding carboxylic acids is 1. The van der Waals surface area contributed by atoms with Crippen molar-refractivity contribution in [2.45, 2.75) is 19.8 Å². The molecule has 8 nitrogen and oxygen atoms in total. The second-order valence-electron chi connectivity index (χ2n) is 3.09. The number of hydrogen-bond donors (Lipinski definition) is 3. The van der Waals surface area contributed by atoms with Crippen molar-refractivity contribution in [1.82, 2.24) is 15.0 Å². The highest BCUT2D eigenvalue weighted by Crippen LogP contribution is 1.88. The van der Waals surface area contributed by atoms with E-state index in [4.69, 9.17) is 0 Å². The Morgan fingerprint density at radius 2 is 1.61 bits per heavy atom. The van der Waals surface area contributed by atoms with Gasteiger partial charge < -0.3 is 4.74 Å². The summed E-state index contributed by atoms with van der Waals surface area (Å²) >= 11 is 0. The largest absolute Gasteiger partial charge is 0.463 e. The lowest BCUT2D eigenvalue weighted by molar-refractivity contribution is -0.137. The summed E-state index contributed by atoms with van der Waals surface area (Å²) in [6, 6.07) is 0. The molecule has 0 radical (unpaired) electrons. The number of esters is 1. The highest BCUT2D eigenvalue weighted by Gasteiger charge is 1.91. The van der Waals surface area contributed by atoms with Crippen LogP contribution < -0.4 is 17.1 Å². The van der Waals surface area contributed by atoms with E-state index >= 15 is 0 Å². The molecule has 18 heavy (non-hydrogen) atoms. The van der Waals surface area contributed by atoms with Gasteiger partial charge in [-0.1, -0.05) is 19.9 Å². The highest BCUT2D eigenvalue weighted by molar-refractivity contribution is 5.81. The first kappa shape index (κ1) is 15.6. The molecule has 100 valence electrons. The first-order chi connectivity index (χ1) is 8.49. The molecular weight excluding hydrogens is 242 g/mol. The van der Waals surface area contributed by atoms with Crippen LogP contribution in [0.15, 0.2) is 27.0 Å². The van der Waals surface area contributed by atoms with Gasteiger partial charge in [-0.15, -0.1) is 0 Å². The number of carbonyl (C=O) groups is 1. The van der Waals surface area contributed by atoms with Gasteiger partial charge in [0.05, 0.1) is 6.61 Å². The van der Waals surface area contributed by atoms with Gasteiger partial charge in [0.15, 0.2) is 0 Å². The summed E-state index contributed by atoms with van der Waals surface area (Å²) in [6.45, 7) is 5.82. The van der Waals surface area contributed by atoms with Gasteiger partial charge in [-0.05, 0) is 6.42 Å². The van der Waals surface area contributed by atoms with Crippen LogP contribution in [-0.2, 0) is 9.53 Å². The fourth-order valence-electron chi connectivity index (χ4n) is 0.779. The van der Waals surface area contributed by atoms with Crippen molar-refractivity contribution in [1.29, 1.82) is 0 Å². The third-order valence-electron chi connectivity index (χ3n) is 1.59. The third-order valence-corrected chi connectivity index (χ3v) is 1.59. The van der Waals surface area contributed by atoms with Gasteiger partial charge in [0.2, 0.25) is 0 Å². The summed E-state index contributed by atoms with van der Waals surface area (Å²) in [7, 11) is 0. The van der Waals surface area contributed by atoms with E-state index in [0.717, 1.165) is 12.8 Å².